The third kappa shape index (κ3) is 3.79. The van der Waals surface area contributed by atoms with Gasteiger partial charge in [0.05, 0.1) is 5.02 Å². The number of nitrogens with two attached hydrogens (primary N) is 1. The van der Waals surface area contributed by atoms with Crippen molar-refractivity contribution in [1.29, 1.82) is 0 Å². The van der Waals surface area contributed by atoms with Crippen LogP contribution in [0.3, 0.4) is 0 Å². The molecule has 1 aromatic heterocycles. The minimum absolute atomic E-state index is 0.163. The molecule has 1 heterocycles. The van der Waals surface area contributed by atoms with Crippen LogP contribution in [0.2, 0.25) is 5.02 Å². The Labute approximate surface area is 123 Å². The van der Waals surface area contributed by atoms with Crippen LogP contribution in [0.5, 0.6) is 0 Å². The Hall–Kier alpha value is -2.41. The molecule has 0 spiro atoms. The van der Waals surface area contributed by atoms with Crippen LogP contribution in [0.1, 0.15) is 5.56 Å². The second-order valence-electron chi connectivity index (χ2n) is 3.99. The lowest BCUT2D eigenvalue weighted by Gasteiger charge is -2.13. The summed E-state index contributed by atoms with van der Waals surface area (Å²) in [5.41, 5.74) is 5.20. The molecule has 110 valence electrons. The van der Waals surface area contributed by atoms with E-state index in [1.807, 2.05) is 0 Å². The average molecular weight is 314 g/mol. The van der Waals surface area contributed by atoms with E-state index >= 15 is 0 Å². The third-order valence-electron chi connectivity index (χ3n) is 2.53. The quantitative estimate of drug-likeness (QED) is 0.907. The molecule has 0 saturated heterocycles. The number of pyridine rings is 1. The van der Waals surface area contributed by atoms with E-state index in [9.17, 15) is 13.6 Å². The molecule has 0 atom stereocenters. The number of carbonyl (C=O) groups is 1. The lowest BCUT2D eigenvalue weighted by molar-refractivity contribution is 0.150. The molecule has 0 aliphatic carbocycles. The van der Waals surface area contributed by atoms with E-state index in [4.69, 9.17) is 17.3 Å². The van der Waals surface area contributed by atoms with E-state index in [0.717, 1.165) is 12.1 Å². The van der Waals surface area contributed by atoms with Crippen LogP contribution in [0.15, 0.2) is 30.5 Å². The zero-order valence-electron chi connectivity index (χ0n) is 10.6. The Bertz CT molecular complexity index is 682. The van der Waals surface area contributed by atoms with Gasteiger partial charge in [0, 0.05) is 23.5 Å². The van der Waals surface area contributed by atoms with Gasteiger partial charge in [-0.2, -0.15) is 0 Å². The van der Waals surface area contributed by atoms with Gasteiger partial charge in [0.1, 0.15) is 12.4 Å². The maximum atomic E-state index is 13.4. The number of rotatable bonds is 4. The molecule has 2 rings (SSSR count). The van der Waals surface area contributed by atoms with Gasteiger partial charge < -0.3 is 15.8 Å². The molecule has 1 amide bonds. The summed E-state index contributed by atoms with van der Waals surface area (Å²) in [7, 11) is 0. The second-order valence-corrected chi connectivity index (χ2v) is 4.40. The van der Waals surface area contributed by atoms with Crippen molar-refractivity contribution in [2.75, 3.05) is 5.32 Å². The van der Waals surface area contributed by atoms with Crippen molar-refractivity contribution < 1.29 is 18.3 Å². The Morgan fingerprint density at radius 1 is 1.38 bits per heavy atom. The Morgan fingerprint density at radius 2 is 2.10 bits per heavy atom. The van der Waals surface area contributed by atoms with Crippen molar-refractivity contribution in [3.63, 3.8) is 0 Å². The van der Waals surface area contributed by atoms with Crippen LogP contribution in [0.25, 0.3) is 0 Å². The monoisotopic (exact) mass is 313 g/mol. The van der Waals surface area contributed by atoms with Crippen LogP contribution in [-0.2, 0) is 11.3 Å². The van der Waals surface area contributed by atoms with Crippen molar-refractivity contribution in [3.05, 3.63) is 52.7 Å². The SMILES string of the molecule is NC(=O)OCc1cc(F)c(F)cc1Nc1ncccc1Cl. The van der Waals surface area contributed by atoms with E-state index in [1.165, 1.54) is 6.20 Å². The van der Waals surface area contributed by atoms with E-state index < -0.39 is 17.7 Å². The van der Waals surface area contributed by atoms with Gasteiger partial charge in [0.15, 0.2) is 11.6 Å². The highest BCUT2D eigenvalue weighted by Gasteiger charge is 2.13. The fraction of sp³-hybridized carbons (Fsp3) is 0.0769. The summed E-state index contributed by atoms with van der Waals surface area (Å²) in [5, 5.41) is 3.05. The minimum atomic E-state index is -1.07. The third-order valence-corrected chi connectivity index (χ3v) is 2.83. The first kappa shape index (κ1) is 15.0. The van der Waals surface area contributed by atoms with Crippen molar-refractivity contribution >= 4 is 29.2 Å². The predicted octanol–water partition coefficient (Wildman–Crippen LogP) is 3.35. The van der Waals surface area contributed by atoms with Crippen LogP contribution in [0, 0.1) is 11.6 Å². The summed E-state index contributed by atoms with van der Waals surface area (Å²) in [6, 6.07) is 5.02. The molecule has 0 aliphatic rings. The maximum Gasteiger partial charge on any atom is 0.404 e. The zero-order valence-corrected chi connectivity index (χ0v) is 11.3. The molecule has 21 heavy (non-hydrogen) atoms. The Morgan fingerprint density at radius 3 is 2.76 bits per heavy atom. The van der Waals surface area contributed by atoms with E-state index in [1.54, 1.807) is 12.1 Å². The largest absolute Gasteiger partial charge is 0.445 e. The van der Waals surface area contributed by atoms with Crippen LogP contribution in [0.4, 0.5) is 25.1 Å². The first-order valence-electron chi connectivity index (χ1n) is 5.75. The number of carbonyl (C=O) groups excluding carboxylic acids is 1. The molecular formula is C13H10ClF2N3O2. The van der Waals surface area contributed by atoms with E-state index in [-0.39, 0.29) is 23.7 Å². The molecule has 0 aliphatic heterocycles. The number of halogens is 3. The predicted molar refractivity (Wildman–Crippen MR) is 73.3 cm³/mol. The summed E-state index contributed by atoms with van der Waals surface area (Å²) in [6.07, 6.45) is 0.453. The van der Waals surface area contributed by atoms with Crippen LogP contribution in [-0.4, -0.2) is 11.1 Å². The number of amides is 1. The van der Waals surface area contributed by atoms with Crippen LogP contribution < -0.4 is 11.1 Å². The van der Waals surface area contributed by atoms with Crippen molar-refractivity contribution in [2.24, 2.45) is 5.73 Å². The molecule has 0 bridgehead atoms. The zero-order chi connectivity index (χ0) is 15.4. The van der Waals surface area contributed by atoms with Gasteiger partial charge in [-0.25, -0.2) is 18.6 Å². The Kier molecular flexibility index (Phi) is 4.54. The molecule has 1 aromatic carbocycles. The molecule has 0 radical (unpaired) electrons. The second kappa shape index (κ2) is 6.36. The molecule has 0 unspecified atom stereocenters. The fourth-order valence-corrected chi connectivity index (χ4v) is 1.75. The highest BCUT2D eigenvalue weighted by molar-refractivity contribution is 6.33. The van der Waals surface area contributed by atoms with Crippen molar-refractivity contribution in [3.8, 4) is 0 Å². The molecule has 2 aromatic rings. The number of benzene rings is 1. The van der Waals surface area contributed by atoms with Crippen molar-refractivity contribution in [1.82, 2.24) is 4.98 Å². The number of hydrogen-bond acceptors (Lipinski definition) is 4. The number of ether oxygens (including phenoxy) is 1. The topological polar surface area (TPSA) is 77.2 Å². The van der Waals surface area contributed by atoms with E-state index in [2.05, 4.69) is 15.0 Å². The Balaban J connectivity index is 2.34. The van der Waals surface area contributed by atoms with Gasteiger partial charge in [-0.15, -0.1) is 0 Å². The summed E-state index contributed by atoms with van der Waals surface area (Å²) in [6.45, 7) is -0.320. The standard InChI is InChI=1S/C13H10ClF2N3O2/c14-8-2-1-3-18-12(8)19-11-5-10(16)9(15)4-7(11)6-21-13(17)20/h1-5H,6H2,(H2,17,20)(H,18,19). The molecule has 5 nitrogen and oxygen atoms in total. The summed E-state index contributed by atoms with van der Waals surface area (Å²) < 4.78 is 31.2. The molecule has 0 fully saturated rings. The molecule has 8 heteroatoms. The molecule has 3 N–H and O–H groups in total. The number of aromatic nitrogens is 1. The number of nitrogens with one attached hydrogen (secondary N) is 1. The molecule has 0 saturated carbocycles. The fourth-order valence-electron chi connectivity index (χ4n) is 1.58. The first-order valence-corrected chi connectivity index (χ1v) is 6.13. The van der Waals surface area contributed by atoms with Gasteiger partial charge in [0.25, 0.3) is 0 Å². The highest BCUT2D eigenvalue weighted by atomic mass is 35.5. The van der Waals surface area contributed by atoms with Gasteiger partial charge in [0.2, 0.25) is 0 Å². The van der Waals surface area contributed by atoms with Gasteiger partial charge in [-0.1, -0.05) is 11.6 Å². The summed E-state index contributed by atoms with van der Waals surface area (Å²) in [4.78, 5) is 14.6. The molecular weight excluding hydrogens is 304 g/mol. The number of hydrogen-bond donors (Lipinski definition) is 2. The number of anilines is 2. The average Bonchev–Trinajstić information content (AvgIpc) is 2.43. The smallest absolute Gasteiger partial charge is 0.404 e. The first-order chi connectivity index (χ1) is 9.97. The summed E-state index contributed by atoms with van der Waals surface area (Å²) in [5.74, 6) is -1.88. The number of primary amides is 1. The van der Waals surface area contributed by atoms with Crippen molar-refractivity contribution in [2.45, 2.75) is 6.61 Å². The lowest BCUT2D eigenvalue weighted by atomic mass is 10.1. The highest BCUT2D eigenvalue weighted by Crippen LogP contribution is 2.27. The van der Waals surface area contributed by atoms with Gasteiger partial charge >= 0.3 is 6.09 Å². The maximum absolute atomic E-state index is 13.4. The van der Waals surface area contributed by atoms with Gasteiger partial charge in [-0.05, 0) is 18.2 Å². The normalized spacial score (nSPS) is 10.2. The van der Waals surface area contributed by atoms with Gasteiger partial charge in [-0.3, -0.25) is 0 Å². The lowest BCUT2D eigenvalue weighted by Crippen LogP contribution is -2.13. The number of nitrogens with zero attached hydrogens (tertiary/aromatic N) is 1. The summed E-state index contributed by atoms with van der Waals surface area (Å²) >= 11 is 5.93. The van der Waals surface area contributed by atoms with Crippen LogP contribution >= 0.6 is 11.6 Å². The minimum Gasteiger partial charge on any atom is -0.445 e. The van der Waals surface area contributed by atoms with E-state index in [0.29, 0.717) is 5.02 Å².